The number of amides is 2. The number of carbonyl (C=O) groups excluding carboxylic acids is 1. The minimum absolute atomic E-state index is 0.0572. The fourth-order valence-electron chi connectivity index (χ4n) is 5.64. The van der Waals surface area contributed by atoms with Crippen molar-refractivity contribution in [3.05, 3.63) is 71.6 Å². The molecule has 0 bridgehead atoms. The number of aromatic nitrogens is 3. The lowest BCUT2D eigenvalue weighted by Crippen LogP contribution is -2.31. The normalized spacial score (nSPS) is 17.6. The van der Waals surface area contributed by atoms with Crippen LogP contribution in [0.25, 0.3) is 16.8 Å². The van der Waals surface area contributed by atoms with Crippen LogP contribution in [0, 0.1) is 5.82 Å². The van der Waals surface area contributed by atoms with Gasteiger partial charge in [0.1, 0.15) is 28.7 Å². The number of alkyl halides is 3. The van der Waals surface area contributed by atoms with Crippen LogP contribution < -0.4 is 16.4 Å². The lowest BCUT2D eigenvalue weighted by atomic mass is 10.1. The Labute approximate surface area is 245 Å². The van der Waals surface area contributed by atoms with E-state index in [1.54, 1.807) is 18.5 Å². The molecule has 1 aliphatic heterocycles. The molecule has 1 aliphatic carbocycles. The van der Waals surface area contributed by atoms with Gasteiger partial charge in [0.25, 0.3) is 0 Å². The van der Waals surface area contributed by atoms with Crippen LogP contribution >= 0.6 is 0 Å². The molecule has 2 fully saturated rings. The lowest BCUT2D eigenvalue weighted by Gasteiger charge is -2.22. The molecule has 2 amide bonds. The first-order valence-electron chi connectivity index (χ1n) is 14.1. The summed E-state index contributed by atoms with van der Waals surface area (Å²) in [6, 6.07) is 7.33. The number of likely N-dealkylation sites (tertiary alicyclic amines) is 1. The molecule has 2 aromatic heterocycles. The maximum absolute atomic E-state index is 15.2. The minimum atomic E-state index is -4.61. The number of hydrogen-bond acceptors (Lipinski definition) is 6. The zero-order valence-electron chi connectivity index (χ0n) is 23.7. The van der Waals surface area contributed by atoms with Crippen molar-refractivity contribution >= 4 is 28.7 Å². The van der Waals surface area contributed by atoms with Gasteiger partial charge in [-0.2, -0.15) is 13.2 Å². The molecule has 9 nitrogen and oxygen atoms in total. The summed E-state index contributed by atoms with van der Waals surface area (Å²) in [5, 5.41) is 4.78. The van der Waals surface area contributed by atoms with Crippen LogP contribution in [0.1, 0.15) is 42.1 Å². The number of nitrogen functional groups attached to an aromatic ring is 1. The summed E-state index contributed by atoms with van der Waals surface area (Å²) in [7, 11) is 3.92. The number of anilines is 3. The number of likely N-dealkylation sites (N-methyl/N-ethyl adjacent to an activating group) is 1. The van der Waals surface area contributed by atoms with Gasteiger partial charge in [-0.05, 0) is 63.2 Å². The van der Waals surface area contributed by atoms with E-state index < -0.39 is 23.6 Å². The molecule has 0 spiro atoms. The second kappa shape index (κ2) is 11.1. The quantitative estimate of drug-likeness (QED) is 0.233. The average Bonchev–Trinajstić information content (AvgIpc) is 3.54. The van der Waals surface area contributed by atoms with Gasteiger partial charge in [0, 0.05) is 55.2 Å². The molecule has 4 aromatic rings. The van der Waals surface area contributed by atoms with Crippen molar-refractivity contribution in [2.24, 2.45) is 0 Å². The summed E-state index contributed by atoms with van der Waals surface area (Å²) < 4.78 is 59.0. The molecule has 13 heteroatoms. The van der Waals surface area contributed by atoms with Gasteiger partial charge in [-0.25, -0.2) is 19.2 Å². The summed E-state index contributed by atoms with van der Waals surface area (Å²) in [6.45, 7) is 1.54. The number of benzene rings is 2. The van der Waals surface area contributed by atoms with Crippen LogP contribution in [0.5, 0.6) is 0 Å². The standard InChI is InChI=1S/C30H32F4N8O/c1-40(2)21-9-11-41(16-21)15-19-5-7-20(14-22(19)30(32,33)34)37-29(43)38-24-8-6-18(13-23(24)31)25-26-27(35)36-10-12-42(26)28(39-25)17-3-4-17/h5-8,10,12-14,17,21H,3-4,9,11,15-16H2,1-2H3,(H2,35,36)(H2,37,38,43). The number of nitrogens with two attached hydrogens (primary N) is 1. The molecule has 6 rings (SSSR count). The maximum atomic E-state index is 15.2. The van der Waals surface area contributed by atoms with Crippen LogP contribution in [-0.2, 0) is 12.7 Å². The van der Waals surface area contributed by atoms with E-state index in [0.717, 1.165) is 31.2 Å². The van der Waals surface area contributed by atoms with E-state index in [2.05, 4.69) is 20.5 Å². The number of imidazole rings is 1. The number of urea groups is 1. The third-order valence-corrected chi connectivity index (χ3v) is 8.09. The Morgan fingerprint density at radius 1 is 1.12 bits per heavy atom. The fraction of sp³-hybridized carbons (Fsp3) is 0.367. The van der Waals surface area contributed by atoms with Crippen molar-refractivity contribution in [1.82, 2.24) is 24.2 Å². The van der Waals surface area contributed by atoms with Crippen LogP contribution in [0.15, 0.2) is 48.8 Å². The molecule has 1 atom stereocenters. The highest BCUT2D eigenvalue weighted by molar-refractivity contribution is 6.00. The summed E-state index contributed by atoms with van der Waals surface area (Å²) in [4.78, 5) is 25.6. The molecule has 226 valence electrons. The Balaban J connectivity index is 1.17. The molecular formula is C30H32F4N8O. The van der Waals surface area contributed by atoms with Gasteiger partial charge in [0.2, 0.25) is 0 Å². The van der Waals surface area contributed by atoms with Crippen molar-refractivity contribution < 1.29 is 22.4 Å². The molecule has 43 heavy (non-hydrogen) atoms. The molecule has 1 saturated heterocycles. The number of carbonyl (C=O) groups is 1. The lowest BCUT2D eigenvalue weighted by molar-refractivity contribution is -0.138. The monoisotopic (exact) mass is 596 g/mol. The van der Waals surface area contributed by atoms with Gasteiger partial charge in [-0.1, -0.05) is 12.1 Å². The summed E-state index contributed by atoms with van der Waals surface area (Å²) in [5.74, 6) is 0.669. The highest BCUT2D eigenvalue weighted by Crippen LogP contribution is 2.42. The fourth-order valence-corrected chi connectivity index (χ4v) is 5.64. The molecule has 2 aromatic carbocycles. The molecule has 0 radical (unpaired) electrons. The zero-order chi connectivity index (χ0) is 30.5. The van der Waals surface area contributed by atoms with E-state index in [4.69, 9.17) is 10.7 Å². The van der Waals surface area contributed by atoms with Crippen LogP contribution in [-0.4, -0.2) is 63.4 Å². The molecule has 2 aliphatic rings. The molecule has 1 unspecified atom stereocenters. The number of halogens is 4. The number of hydrogen-bond donors (Lipinski definition) is 3. The molecule has 3 heterocycles. The Morgan fingerprint density at radius 3 is 2.58 bits per heavy atom. The van der Waals surface area contributed by atoms with Crippen molar-refractivity contribution in [1.29, 1.82) is 0 Å². The average molecular weight is 597 g/mol. The van der Waals surface area contributed by atoms with Gasteiger partial charge in [0.05, 0.1) is 11.3 Å². The van der Waals surface area contributed by atoms with Crippen molar-refractivity contribution in [2.75, 3.05) is 43.6 Å². The van der Waals surface area contributed by atoms with Crippen molar-refractivity contribution in [2.45, 2.75) is 43.9 Å². The molecular weight excluding hydrogens is 564 g/mol. The summed E-state index contributed by atoms with van der Waals surface area (Å²) in [5.41, 5.74) is 6.75. The summed E-state index contributed by atoms with van der Waals surface area (Å²) in [6.07, 6.45) is 1.66. The number of nitrogens with one attached hydrogen (secondary N) is 2. The number of rotatable bonds is 7. The Kier molecular flexibility index (Phi) is 7.46. The Bertz CT molecular complexity index is 1680. The number of fused-ring (bicyclic) bond motifs is 1. The van der Waals surface area contributed by atoms with E-state index in [-0.39, 0.29) is 29.3 Å². The zero-order valence-corrected chi connectivity index (χ0v) is 23.7. The van der Waals surface area contributed by atoms with Gasteiger partial charge in [-0.3, -0.25) is 9.30 Å². The first-order valence-corrected chi connectivity index (χ1v) is 14.1. The van der Waals surface area contributed by atoms with E-state index in [1.165, 1.54) is 24.3 Å². The van der Waals surface area contributed by atoms with Crippen molar-refractivity contribution in [3.63, 3.8) is 0 Å². The van der Waals surface area contributed by atoms with Crippen LogP contribution in [0.2, 0.25) is 0 Å². The van der Waals surface area contributed by atoms with Gasteiger partial charge in [0.15, 0.2) is 0 Å². The van der Waals surface area contributed by atoms with Gasteiger partial charge < -0.3 is 21.3 Å². The summed E-state index contributed by atoms with van der Waals surface area (Å²) >= 11 is 0. The largest absolute Gasteiger partial charge is 0.416 e. The third-order valence-electron chi connectivity index (χ3n) is 8.09. The van der Waals surface area contributed by atoms with Gasteiger partial charge in [-0.15, -0.1) is 0 Å². The second-order valence-corrected chi connectivity index (χ2v) is 11.4. The third kappa shape index (κ3) is 6.00. The predicted molar refractivity (Wildman–Crippen MR) is 156 cm³/mol. The predicted octanol–water partition coefficient (Wildman–Crippen LogP) is 5.79. The Hall–Kier alpha value is -4.23. The van der Waals surface area contributed by atoms with Crippen LogP contribution in [0.4, 0.5) is 39.5 Å². The maximum Gasteiger partial charge on any atom is 0.416 e. The van der Waals surface area contributed by atoms with E-state index >= 15 is 4.39 Å². The minimum Gasteiger partial charge on any atom is -0.382 e. The highest BCUT2D eigenvalue weighted by Gasteiger charge is 2.35. The highest BCUT2D eigenvalue weighted by atomic mass is 19.4. The van der Waals surface area contributed by atoms with E-state index in [9.17, 15) is 18.0 Å². The molecule has 1 saturated carbocycles. The van der Waals surface area contributed by atoms with Gasteiger partial charge >= 0.3 is 12.2 Å². The SMILES string of the molecule is CN(C)C1CCN(Cc2ccc(NC(=O)Nc3ccc(-c4nc(C5CC5)n5ccnc(N)c45)cc3F)cc2C(F)(F)F)C1. The second-order valence-electron chi connectivity index (χ2n) is 11.4. The molecule has 4 N–H and O–H groups in total. The topological polar surface area (TPSA) is 104 Å². The van der Waals surface area contributed by atoms with Crippen LogP contribution in [0.3, 0.4) is 0 Å². The number of nitrogens with zero attached hydrogens (tertiary/aromatic N) is 5. The van der Waals surface area contributed by atoms with Crippen molar-refractivity contribution in [3.8, 4) is 11.3 Å². The van der Waals surface area contributed by atoms with E-state index in [0.29, 0.717) is 41.8 Å². The first-order chi connectivity index (χ1) is 20.5. The smallest absolute Gasteiger partial charge is 0.382 e. The first kappa shape index (κ1) is 28.9. The Morgan fingerprint density at radius 2 is 1.91 bits per heavy atom. The van der Waals surface area contributed by atoms with E-state index in [1.807, 2.05) is 23.4 Å².